The molecule has 0 aromatic carbocycles. The number of nitrogens with one attached hydrogen (secondary N) is 1. The Bertz CT molecular complexity index is 377. The Balaban J connectivity index is 1.63. The number of carbonyl (C=O) groups excluding carboxylic acids is 1. The molecule has 2 aliphatic rings. The van der Waals surface area contributed by atoms with Crippen LogP contribution in [0.1, 0.15) is 65.7 Å². The van der Waals surface area contributed by atoms with Gasteiger partial charge in [0.15, 0.2) is 0 Å². The second kappa shape index (κ2) is 7.87. The van der Waals surface area contributed by atoms with Gasteiger partial charge in [0.05, 0.1) is 6.10 Å². The first kappa shape index (κ1) is 18.6. The van der Waals surface area contributed by atoms with Crippen molar-refractivity contribution < 1.29 is 9.53 Å². The third-order valence-corrected chi connectivity index (χ3v) is 5.47. The van der Waals surface area contributed by atoms with Crippen molar-refractivity contribution >= 4 is 6.03 Å². The van der Waals surface area contributed by atoms with Crippen molar-refractivity contribution in [2.75, 3.05) is 20.7 Å². The molecule has 0 bridgehead atoms. The Morgan fingerprint density at radius 1 is 1.13 bits per heavy atom. The maximum absolute atomic E-state index is 12.3. The number of nitrogens with zero attached hydrogens (tertiary/aromatic N) is 1. The largest absolute Gasteiger partial charge is 0.381 e. The predicted molar refractivity (Wildman–Crippen MR) is 94.5 cm³/mol. The average molecular weight is 325 g/mol. The molecule has 2 saturated carbocycles. The molecule has 134 valence electrons. The number of methoxy groups -OCH3 is 1. The molecule has 0 aromatic rings. The van der Waals surface area contributed by atoms with Crippen LogP contribution in [0, 0.1) is 17.3 Å². The van der Waals surface area contributed by atoms with Gasteiger partial charge in [-0.25, -0.2) is 4.79 Å². The van der Waals surface area contributed by atoms with Crippen molar-refractivity contribution in [2.45, 2.75) is 77.9 Å². The standard InChI is InChI=1S/C19H36N2O2/c1-19(2,3)12-15-10-16(11-15)20-18(22)21(4)13-14-6-8-17(23-5)9-7-14/h14-17H,6-13H2,1-5H3,(H,20,22). The van der Waals surface area contributed by atoms with Gasteiger partial charge >= 0.3 is 6.03 Å². The van der Waals surface area contributed by atoms with Crippen molar-refractivity contribution in [1.82, 2.24) is 10.2 Å². The summed E-state index contributed by atoms with van der Waals surface area (Å²) < 4.78 is 5.42. The van der Waals surface area contributed by atoms with Crippen LogP contribution in [-0.4, -0.2) is 43.8 Å². The van der Waals surface area contributed by atoms with Gasteiger partial charge in [0, 0.05) is 26.7 Å². The van der Waals surface area contributed by atoms with Gasteiger partial charge in [0.1, 0.15) is 0 Å². The SMILES string of the molecule is COC1CCC(CN(C)C(=O)NC2CC(CC(C)(C)C)C2)CC1. The van der Waals surface area contributed by atoms with Crippen LogP contribution in [0.15, 0.2) is 0 Å². The molecule has 0 aromatic heterocycles. The summed E-state index contributed by atoms with van der Waals surface area (Å²) in [6.45, 7) is 7.77. The first-order valence-electron chi connectivity index (χ1n) is 9.31. The molecule has 0 heterocycles. The topological polar surface area (TPSA) is 41.6 Å². The molecule has 4 nitrogen and oxygen atoms in total. The zero-order chi connectivity index (χ0) is 17.0. The van der Waals surface area contributed by atoms with E-state index in [9.17, 15) is 4.79 Å². The lowest BCUT2D eigenvalue weighted by atomic mass is 9.71. The van der Waals surface area contributed by atoms with Gasteiger partial charge in [-0.15, -0.1) is 0 Å². The molecule has 2 amide bonds. The Labute approximate surface area is 142 Å². The minimum atomic E-state index is 0.109. The highest BCUT2D eigenvalue weighted by molar-refractivity contribution is 5.74. The number of amides is 2. The summed E-state index contributed by atoms with van der Waals surface area (Å²) in [6, 6.07) is 0.500. The third-order valence-electron chi connectivity index (χ3n) is 5.47. The van der Waals surface area contributed by atoms with Crippen LogP contribution < -0.4 is 5.32 Å². The third kappa shape index (κ3) is 5.98. The minimum absolute atomic E-state index is 0.109. The molecular weight excluding hydrogens is 288 g/mol. The van der Waals surface area contributed by atoms with E-state index in [1.54, 1.807) is 7.11 Å². The first-order chi connectivity index (χ1) is 10.8. The molecule has 0 unspecified atom stereocenters. The number of hydrogen-bond donors (Lipinski definition) is 1. The molecule has 2 aliphatic carbocycles. The van der Waals surface area contributed by atoms with E-state index in [-0.39, 0.29) is 6.03 Å². The average Bonchev–Trinajstić information content (AvgIpc) is 2.44. The second-order valence-electron chi connectivity index (χ2n) is 9.01. The molecule has 0 radical (unpaired) electrons. The van der Waals surface area contributed by atoms with E-state index >= 15 is 0 Å². The lowest BCUT2D eigenvalue weighted by Gasteiger charge is -2.40. The maximum atomic E-state index is 12.3. The summed E-state index contributed by atoms with van der Waals surface area (Å²) in [4.78, 5) is 14.2. The van der Waals surface area contributed by atoms with Crippen molar-refractivity contribution in [2.24, 2.45) is 17.3 Å². The zero-order valence-corrected chi connectivity index (χ0v) is 15.7. The molecular formula is C19H36N2O2. The molecule has 0 saturated heterocycles. The van der Waals surface area contributed by atoms with Gasteiger partial charge < -0.3 is 15.0 Å². The normalized spacial score (nSPS) is 31.3. The van der Waals surface area contributed by atoms with E-state index in [0.717, 1.165) is 38.1 Å². The molecule has 23 heavy (non-hydrogen) atoms. The van der Waals surface area contributed by atoms with Gasteiger partial charge in [0.2, 0.25) is 0 Å². The molecule has 2 rings (SSSR count). The van der Waals surface area contributed by atoms with Crippen LogP contribution in [0.5, 0.6) is 0 Å². The Morgan fingerprint density at radius 3 is 2.26 bits per heavy atom. The van der Waals surface area contributed by atoms with Gasteiger partial charge in [-0.1, -0.05) is 20.8 Å². The van der Waals surface area contributed by atoms with Gasteiger partial charge in [-0.3, -0.25) is 0 Å². The Morgan fingerprint density at radius 2 is 1.74 bits per heavy atom. The number of carbonyl (C=O) groups is 1. The number of hydrogen-bond acceptors (Lipinski definition) is 2. The van der Waals surface area contributed by atoms with Crippen LogP contribution in [0.2, 0.25) is 0 Å². The first-order valence-corrected chi connectivity index (χ1v) is 9.31. The predicted octanol–water partition coefficient (Wildman–Crippen LogP) is 4.05. The Kier molecular flexibility index (Phi) is 6.35. The highest BCUT2D eigenvalue weighted by Crippen LogP contribution is 2.37. The monoisotopic (exact) mass is 324 g/mol. The fourth-order valence-corrected chi connectivity index (χ4v) is 4.19. The zero-order valence-electron chi connectivity index (χ0n) is 15.7. The second-order valence-corrected chi connectivity index (χ2v) is 9.01. The highest BCUT2D eigenvalue weighted by Gasteiger charge is 2.33. The summed E-state index contributed by atoms with van der Waals surface area (Å²) in [5, 5.41) is 3.20. The molecule has 2 fully saturated rings. The van der Waals surface area contributed by atoms with Crippen LogP contribution in [0.3, 0.4) is 0 Å². The minimum Gasteiger partial charge on any atom is -0.381 e. The number of rotatable bonds is 5. The molecule has 4 heteroatoms. The van der Waals surface area contributed by atoms with E-state index in [0.29, 0.717) is 23.5 Å². The summed E-state index contributed by atoms with van der Waals surface area (Å²) in [7, 11) is 3.74. The van der Waals surface area contributed by atoms with Crippen molar-refractivity contribution in [3.05, 3.63) is 0 Å². The summed E-state index contributed by atoms with van der Waals surface area (Å²) in [6.07, 6.45) is 8.60. The highest BCUT2D eigenvalue weighted by atomic mass is 16.5. The van der Waals surface area contributed by atoms with Crippen LogP contribution in [-0.2, 0) is 4.74 Å². The van der Waals surface area contributed by atoms with Crippen molar-refractivity contribution in [3.63, 3.8) is 0 Å². The Hall–Kier alpha value is -0.770. The summed E-state index contributed by atoms with van der Waals surface area (Å²) in [5.74, 6) is 1.42. The maximum Gasteiger partial charge on any atom is 0.317 e. The van der Waals surface area contributed by atoms with Crippen LogP contribution in [0.4, 0.5) is 4.79 Å². The molecule has 0 spiro atoms. The van der Waals surface area contributed by atoms with Gasteiger partial charge in [-0.05, 0) is 62.2 Å². The number of urea groups is 1. The van der Waals surface area contributed by atoms with E-state index in [4.69, 9.17) is 4.74 Å². The molecule has 0 aliphatic heterocycles. The number of ether oxygens (including phenoxy) is 1. The lowest BCUT2D eigenvalue weighted by Crippen LogP contribution is -2.50. The van der Waals surface area contributed by atoms with Gasteiger partial charge in [-0.2, -0.15) is 0 Å². The van der Waals surface area contributed by atoms with E-state index in [1.807, 2.05) is 11.9 Å². The van der Waals surface area contributed by atoms with Gasteiger partial charge in [0.25, 0.3) is 0 Å². The van der Waals surface area contributed by atoms with Crippen molar-refractivity contribution in [1.29, 1.82) is 0 Å². The molecule has 1 N–H and O–H groups in total. The molecule has 0 atom stereocenters. The van der Waals surface area contributed by atoms with Crippen LogP contribution in [0.25, 0.3) is 0 Å². The van der Waals surface area contributed by atoms with Crippen LogP contribution >= 0.6 is 0 Å². The van der Waals surface area contributed by atoms with E-state index in [1.165, 1.54) is 19.3 Å². The van der Waals surface area contributed by atoms with E-state index in [2.05, 4.69) is 26.1 Å². The quantitative estimate of drug-likeness (QED) is 0.829. The van der Waals surface area contributed by atoms with Crippen molar-refractivity contribution in [3.8, 4) is 0 Å². The fourth-order valence-electron chi connectivity index (χ4n) is 4.19. The smallest absolute Gasteiger partial charge is 0.317 e. The summed E-state index contributed by atoms with van der Waals surface area (Å²) >= 11 is 0. The fraction of sp³-hybridized carbons (Fsp3) is 0.947. The van der Waals surface area contributed by atoms with E-state index < -0.39 is 0 Å². The summed E-state index contributed by atoms with van der Waals surface area (Å²) in [5.41, 5.74) is 0.400. The lowest BCUT2D eigenvalue weighted by molar-refractivity contribution is 0.0527.